The van der Waals surface area contributed by atoms with Crippen molar-refractivity contribution in [2.75, 3.05) is 0 Å². The molecule has 2 aliphatic rings. The fourth-order valence-corrected chi connectivity index (χ4v) is 4.71. The number of fused-ring (bicyclic) bond motifs is 2. The number of rotatable bonds is 4. The van der Waals surface area contributed by atoms with Gasteiger partial charge in [0.2, 0.25) is 0 Å². The van der Waals surface area contributed by atoms with Crippen molar-refractivity contribution in [3.8, 4) is 17.1 Å². The Morgan fingerprint density at radius 3 is 2.79 bits per heavy atom. The second kappa shape index (κ2) is 5.97. The van der Waals surface area contributed by atoms with Crippen molar-refractivity contribution in [3.63, 3.8) is 0 Å². The number of aromatic amines is 1. The molecule has 2 unspecified atom stereocenters. The molecule has 0 aliphatic heterocycles. The number of hydrogen-bond acceptors (Lipinski definition) is 5. The van der Waals surface area contributed by atoms with E-state index in [0.717, 1.165) is 52.5 Å². The highest BCUT2D eigenvalue weighted by Gasteiger charge is 2.47. The normalized spacial score (nSPS) is 24.4. The van der Waals surface area contributed by atoms with Crippen LogP contribution in [0.1, 0.15) is 30.9 Å². The summed E-state index contributed by atoms with van der Waals surface area (Å²) in [6, 6.07) is 9.96. The Kier molecular flexibility index (Phi) is 3.40. The minimum atomic E-state index is -0.428. The van der Waals surface area contributed by atoms with Gasteiger partial charge in [0.25, 0.3) is 0 Å². The van der Waals surface area contributed by atoms with Crippen LogP contribution in [0.2, 0.25) is 0 Å². The van der Waals surface area contributed by atoms with Crippen molar-refractivity contribution in [1.82, 2.24) is 29.9 Å². The van der Waals surface area contributed by atoms with E-state index in [4.69, 9.17) is 0 Å². The number of benzene rings is 1. The van der Waals surface area contributed by atoms with Crippen LogP contribution >= 0.6 is 0 Å². The molecular formula is C21H20N6O. The Balaban J connectivity index is 1.34. The van der Waals surface area contributed by atoms with Gasteiger partial charge in [-0.25, -0.2) is 14.6 Å². The molecule has 0 spiro atoms. The maximum atomic E-state index is 10.8. The quantitative estimate of drug-likeness (QED) is 0.573. The Labute approximate surface area is 161 Å². The van der Waals surface area contributed by atoms with E-state index >= 15 is 0 Å². The third kappa shape index (κ3) is 2.54. The molecule has 3 atom stereocenters. The summed E-state index contributed by atoms with van der Waals surface area (Å²) in [5.74, 6) is 2.80. The summed E-state index contributed by atoms with van der Waals surface area (Å²) >= 11 is 0. The number of pyridine rings is 1. The van der Waals surface area contributed by atoms with E-state index in [1.54, 1.807) is 6.20 Å². The zero-order valence-electron chi connectivity index (χ0n) is 15.2. The molecule has 0 amide bonds. The molecule has 28 heavy (non-hydrogen) atoms. The highest BCUT2D eigenvalue weighted by Crippen LogP contribution is 2.57. The van der Waals surface area contributed by atoms with Crippen LogP contribution in [0.4, 0.5) is 0 Å². The molecule has 4 aromatic rings. The summed E-state index contributed by atoms with van der Waals surface area (Å²) < 4.78 is 1.82. The molecule has 7 heteroatoms. The van der Waals surface area contributed by atoms with E-state index in [-0.39, 0.29) is 0 Å². The van der Waals surface area contributed by atoms with E-state index in [2.05, 4.69) is 25.3 Å². The van der Waals surface area contributed by atoms with Crippen molar-refractivity contribution < 1.29 is 5.11 Å². The highest BCUT2D eigenvalue weighted by molar-refractivity contribution is 5.77. The third-order valence-electron chi connectivity index (χ3n) is 6.28. The lowest BCUT2D eigenvalue weighted by atomic mass is 9.92. The second-order valence-electron chi connectivity index (χ2n) is 8.05. The molecule has 140 valence electrons. The maximum absolute atomic E-state index is 10.8. The van der Waals surface area contributed by atoms with Gasteiger partial charge in [0.15, 0.2) is 11.5 Å². The SMILES string of the molecule is O[C@H](c1cnc2c(cnn2-c2cccc(-c3ncn[nH]3)c2)c1)C1CC2CC2C1. The number of aliphatic hydroxyl groups is 1. The Bertz CT molecular complexity index is 1140. The van der Waals surface area contributed by atoms with Crippen molar-refractivity contribution in [2.24, 2.45) is 17.8 Å². The van der Waals surface area contributed by atoms with Gasteiger partial charge in [0.1, 0.15) is 6.33 Å². The molecule has 2 aliphatic carbocycles. The number of aromatic nitrogens is 6. The van der Waals surface area contributed by atoms with Crippen molar-refractivity contribution in [2.45, 2.75) is 25.4 Å². The molecule has 1 aromatic carbocycles. The standard InChI is InChI=1S/C21H20N6O/c28-19(15-5-13-4-14(13)6-15)16-7-17-10-25-27(21(17)22-9-16)18-3-1-2-12(8-18)20-23-11-24-26-20/h1-3,7-11,13-15,19,28H,4-6H2,(H,23,24,26)/t13?,14?,15?,19-/m0/s1. The topological polar surface area (TPSA) is 92.5 Å². The van der Waals surface area contributed by atoms with Gasteiger partial charge in [-0.2, -0.15) is 10.2 Å². The van der Waals surface area contributed by atoms with Crippen molar-refractivity contribution in [1.29, 1.82) is 0 Å². The number of nitrogens with zero attached hydrogens (tertiary/aromatic N) is 5. The number of hydrogen-bond donors (Lipinski definition) is 2. The molecular weight excluding hydrogens is 352 g/mol. The monoisotopic (exact) mass is 372 g/mol. The highest BCUT2D eigenvalue weighted by atomic mass is 16.3. The zero-order chi connectivity index (χ0) is 18.7. The summed E-state index contributed by atoms with van der Waals surface area (Å²) in [5, 5.41) is 23.1. The first-order chi connectivity index (χ1) is 13.8. The lowest BCUT2D eigenvalue weighted by Crippen LogP contribution is -2.11. The zero-order valence-corrected chi connectivity index (χ0v) is 15.2. The van der Waals surface area contributed by atoms with Gasteiger partial charge >= 0.3 is 0 Å². The lowest BCUT2D eigenvalue weighted by Gasteiger charge is -2.19. The average molecular weight is 372 g/mol. The molecule has 3 heterocycles. The largest absolute Gasteiger partial charge is 0.388 e. The van der Waals surface area contributed by atoms with Gasteiger partial charge in [0, 0.05) is 17.1 Å². The van der Waals surface area contributed by atoms with Gasteiger partial charge in [-0.1, -0.05) is 12.1 Å². The minimum absolute atomic E-state index is 0.372. The molecule has 7 nitrogen and oxygen atoms in total. The summed E-state index contributed by atoms with van der Waals surface area (Å²) in [6.07, 6.45) is 8.34. The van der Waals surface area contributed by atoms with E-state index in [1.807, 2.05) is 41.2 Å². The molecule has 0 saturated heterocycles. The van der Waals surface area contributed by atoms with E-state index < -0.39 is 6.10 Å². The van der Waals surface area contributed by atoms with E-state index in [0.29, 0.717) is 11.7 Å². The molecule has 0 bridgehead atoms. The van der Waals surface area contributed by atoms with Gasteiger partial charge in [-0.05, 0) is 60.8 Å². The first kappa shape index (κ1) is 15.9. The molecule has 2 saturated carbocycles. The molecule has 6 rings (SSSR count). The summed E-state index contributed by atoms with van der Waals surface area (Å²) in [5.41, 5.74) is 3.51. The predicted molar refractivity (Wildman–Crippen MR) is 104 cm³/mol. The maximum Gasteiger partial charge on any atom is 0.162 e. The van der Waals surface area contributed by atoms with Crippen LogP contribution in [0.25, 0.3) is 28.1 Å². The minimum Gasteiger partial charge on any atom is -0.388 e. The van der Waals surface area contributed by atoms with Crippen LogP contribution in [-0.4, -0.2) is 35.1 Å². The summed E-state index contributed by atoms with van der Waals surface area (Å²) in [4.78, 5) is 8.85. The van der Waals surface area contributed by atoms with Crippen LogP contribution in [0.3, 0.4) is 0 Å². The van der Waals surface area contributed by atoms with Gasteiger partial charge in [-0.3, -0.25) is 5.10 Å². The van der Waals surface area contributed by atoms with Gasteiger partial charge in [0.05, 0.1) is 18.0 Å². The predicted octanol–water partition coefficient (Wildman–Crippen LogP) is 3.29. The van der Waals surface area contributed by atoms with E-state index in [9.17, 15) is 5.11 Å². The Hall–Kier alpha value is -3.06. The smallest absolute Gasteiger partial charge is 0.162 e. The molecule has 2 fully saturated rings. The third-order valence-corrected chi connectivity index (χ3v) is 6.28. The van der Waals surface area contributed by atoms with Crippen molar-refractivity contribution in [3.05, 3.63) is 54.6 Å². The van der Waals surface area contributed by atoms with Crippen LogP contribution < -0.4 is 0 Å². The molecule has 0 radical (unpaired) electrons. The van der Waals surface area contributed by atoms with Gasteiger partial charge < -0.3 is 5.11 Å². The fourth-order valence-electron chi connectivity index (χ4n) is 4.71. The fraction of sp³-hybridized carbons (Fsp3) is 0.333. The number of H-pyrrole nitrogens is 1. The lowest BCUT2D eigenvalue weighted by molar-refractivity contribution is 0.104. The molecule has 2 N–H and O–H groups in total. The van der Waals surface area contributed by atoms with Crippen molar-refractivity contribution >= 4 is 11.0 Å². The first-order valence-electron chi connectivity index (χ1n) is 9.74. The van der Waals surface area contributed by atoms with Crippen LogP contribution in [0, 0.1) is 17.8 Å². The van der Waals surface area contributed by atoms with Crippen LogP contribution in [0.5, 0.6) is 0 Å². The second-order valence-corrected chi connectivity index (χ2v) is 8.05. The van der Waals surface area contributed by atoms with Crippen LogP contribution in [-0.2, 0) is 0 Å². The van der Waals surface area contributed by atoms with Crippen LogP contribution in [0.15, 0.2) is 49.1 Å². The van der Waals surface area contributed by atoms with Gasteiger partial charge in [-0.15, -0.1) is 0 Å². The first-order valence-corrected chi connectivity index (χ1v) is 9.74. The van der Waals surface area contributed by atoms with E-state index in [1.165, 1.54) is 12.7 Å². The number of aliphatic hydroxyl groups excluding tert-OH is 1. The summed E-state index contributed by atoms with van der Waals surface area (Å²) in [7, 11) is 0. The Morgan fingerprint density at radius 2 is 1.96 bits per heavy atom. The molecule has 3 aromatic heterocycles. The average Bonchev–Trinajstić information content (AvgIpc) is 3.20. The summed E-state index contributed by atoms with van der Waals surface area (Å²) in [6.45, 7) is 0. The number of nitrogens with one attached hydrogen (secondary N) is 1. The Morgan fingerprint density at radius 1 is 1.07 bits per heavy atom.